The van der Waals surface area contributed by atoms with Gasteiger partial charge in [0.25, 0.3) is 0 Å². The second kappa shape index (κ2) is 66.6. The van der Waals surface area contributed by atoms with Gasteiger partial charge in [-0.05, 0) is 83.5 Å². The van der Waals surface area contributed by atoms with Crippen LogP contribution in [0.5, 0.6) is 0 Å². The van der Waals surface area contributed by atoms with E-state index in [1.165, 1.54) is 302 Å². The van der Waals surface area contributed by atoms with E-state index < -0.39 is 12.1 Å². The Balaban J connectivity index is 3.45. The van der Waals surface area contributed by atoms with Crippen LogP contribution in [0.1, 0.15) is 380 Å². The lowest BCUT2D eigenvalue weighted by Gasteiger charge is -2.20. The fraction of sp³-hybridized carbons (Fsp3) is 0.887. The first-order chi connectivity index (χ1) is 38.0. The molecule has 0 aliphatic rings. The lowest BCUT2D eigenvalue weighted by Crippen LogP contribution is -2.45. The molecule has 0 saturated carbocycles. The van der Waals surface area contributed by atoms with Crippen LogP contribution >= 0.6 is 0 Å². The number of aliphatic hydroxyl groups is 2. The number of unbranched alkanes of at least 4 members (excludes halogenated alkanes) is 50. The summed E-state index contributed by atoms with van der Waals surface area (Å²) in [4.78, 5) is 24.6. The van der Waals surface area contributed by atoms with E-state index in [1.807, 2.05) is 6.08 Å². The molecule has 3 N–H and O–H groups in total. The molecule has 6 heteroatoms. The van der Waals surface area contributed by atoms with E-state index in [1.54, 1.807) is 6.08 Å². The summed E-state index contributed by atoms with van der Waals surface area (Å²) in [7, 11) is 0. The van der Waals surface area contributed by atoms with E-state index in [9.17, 15) is 19.8 Å². The summed E-state index contributed by atoms with van der Waals surface area (Å²) < 4.78 is 5.49. The average molecular weight is 1080 g/mol. The minimum absolute atomic E-state index is 0.00283. The molecule has 0 aromatic heterocycles. The highest BCUT2D eigenvalue weighted by Gasteiger charge is 2.18. The molecule has 0 fully saturated rings. The summed E-state index contributed by atoms with van der Waals surface area (Å²) in [5, 5.41) is 23.2. The maximum Gasteiger partial charge on any atom is 0.305 e. The fourth-order valence-corrected chi connectivity index (χ4v) is 10.8. The van der Waals surface area contributed by atoms with Crippen LogP contribution in [-0.4, -0.2) is 47.4 Å². The van der Waals surface area contributed by atoms with Crippen molar-refractivity contribution in [3.05, 3.63) is 36.5 Å². The fourth-order valence-electron chi connectivity index (χ4n) is 10.8. The van der Waals surface area contributed by atoms with Gasteiger partial charge in [-0.2, -0.15) is 0 Å². The third-order valence-electron chi connectivity index (χ3n) is 16.1. The second-order valence-electron chi connectivity index (χ2n) is 23.9. The van der Waals surface area contributed by atoms with Gasteiger partial charge in [0.05, 0.1) is 25.4 Å². The highest BCUT2D eigenvalue weighted by molar-refractivity contribution is 5.76. The quantitative estimate of drug-likeness (QED) is 0.0320. The zero-order chi connectivity index (χ0) is 55.7. The number of nitrogens with one attached hydrogen (secondary N) is 1. The number of hydrogen-bond donors (Lipinski definition) is 3. The van der Waals surface area contributed by atoms with Crippen molar-refractivity contribution in [3.8, 4) is 0 Å². The Hall–Kier alpha value is -1.92. The van der Waals surface area contributed by atoms with Gasteiger partial charge in [0.15, 0.2) is 0 Å². The molecule has 77 heavy (non-hydrogen) atoms. The monoisotopic (exact) mass is 1080 g/mol. The van der Waals surface area contributed by atoms with Crippen LogP contribution in [0.15, 0.2) is 36.5 Å². The summed E-state index contributed by atoms with van der Waals surface area (Å²) in [6.45, 7) is 4.92. The predicted octanol–water partition coefficient (Wildman–Crippen LogP) is 22.3. The number of hydrogen-bond acceptors (Lipinski definition) is 5. The number of esters is 1. The number of ether oxygens (including phenoxy) is 1. The molecule has 2 atom stereocenters. The molecule has 6 nitrogen and oxygen atoms in total. The van der Waals surface area contributed by atoms with Crippen LogP contribution in [0.4, 0.5) is 0 Å². The molecule has 0 aromatic carbocycles. The van der Waals surface area contributed by atoms with Crippen molar-refractivity contribution in [3.63, 3.8) is 0 Å². The molecule has 2 unspecified atom stereocenters. The molecule has 0 aliphatic heterocycles. The van der Waals surface area contributed by atoms with E-state index in [2.05, 4.69) is 43.5 Å². The predicted molar refractivity (Wildman–Crippen MR) is 338 cm³/mol. The molecule has 1 amide bonds. The maximum atomic E-state index is 12.5. The molecule has 0 aliphatic carbocycles. The number of carbonyl (C=O) groups is 2. The van der Waals surface area contributed by atoms with Crippen LogP contribution in [0.2, 0.25) is 0 Å². The molecule has 0 rings (SSSR count). The Morgan fingerprint density at radius 3 is 0.922 bits per heavy atom. The first kappa shape index (κ1) is 75.1. The van der Waals surface area contributed by atoms with Gasteiger partial charge in [-0.3, -0.25) is 9.59 Å². The molecular weight excluding hydrogens is 947 g/mol. The first-order valence-electron chi connectivity index (χ1n) is 34.8. The topological polar surface area (TPSA) is 95.9 Å². The Kier molecular flexibility index (Phi) is 64.9. The van der Waals surface area contributed by atoms with Crippen molar-refractivity contribution in [1.29, 1.82) is 0 Å². The third kappa shape index (κ3) is 63.1. The zero-order valence-electron chi connectivity index (χ0n) is 52.0. The van der Waals surface area contributed by atoms with Crippen molar-refractivity contribution < 1.29 is 24.5 Å². The standard InChI is InChI=1S/C71H135NO5/c1-3-5-7-9-11-13-15-17-19-21-22-23-24-25-28-32-35-39-43-47-51-55-59-63-69(74)68(67-73)72-70(75)64-60-56-52-48-44-40-36-33-29-26-27-30-34-38-42-46-50-54-58-62-66-77-71(76)65-61-57-53-49-45-41-37-31-20-18-16-14-12-10-8-6-4-2/h18,20,26,29,59,63,68-69,73-74H,3-17,19,21-25,27-28,30-58,60-62,64-67H2,1-2H3,(H,72,75)/b20-18-,29-26-,63-59+. The van der Waals surface area contributed by atoms with Crippen LogP contribution in [-0.2, 0) is 14.3 Å². The van der Waals surface area contributed by atoms with Crippen LogP contribution in [0.3, 0.4) is 0 Å². The van der Waals surface area contributed by atoms with Gasteiger partial charge in [-0.15, -0.1) is 0 Å². The lowest BCUT2D eigenvalue weighted by molar-refractivity contribution is -0.143. The van der Waals surface area contributed by atoms with Crippen LogP contribution < -0.4 is 5.32 Å². The van der Waals surface area contributed by atoms with E-state index in [0.29, 0.717) is 19.4 Å². The maximum absolute atomic E-state index is 12.5. The number of amides is 1. The summed E-state index contributed by atoms with van der Waals surface area (Å²) in [5.74, 6) is -0.0703. The van der Waals surface area contributed by atoms with E-state index >= 15 is 0 Å². The van der Waals surface area contributed by atoms with Crippen molar-refractivity contribution in [2.45, 2.75) is 392 Å². The number of aliphatic hydroxyl groups excluding tert-OH is 2. The highest BCUT2D eigenvalue weighted by atomic mass is 16.5. The lowest BCUT2D eigenvalue weighted by atomic mass is 10.0. The second-order valence-corrected chi connectivity index (χ2v) is 23.9. The van der Waals surface area contributed by atoms with Crippen molar-refractivity contribution in [2.24, 2.45) is 0 Å². The van der Waals surface area contributed by atoms with Crippen molar-refractivity contribution in [1.82, 2.24) is 5.32 Å². The van der Waals surface area contributed by atoms with Gasteiger partial charge in [0.1, 0.15) is 0 Å². The summed E-state index contributed by atoms with van der Waals surface area (Å²) >= 11 is 0. The minimum atomic E-state index is -0.852. The number of rotatable bonds is 65. The third-order valence-corrected chi connectivity index (χ3v) is 16.1. The SMILES string of the molecule is CCCCCCCC/C=C\CCCCCCCCCC(=O)OCCCCCCCCCCC/C=C\CCCCCCCCCC(=O)NC(CO)C(O)/C=C/CCCCCCCCCCCCCCCCCCCCCCC. The molecule has 0 bridgehead atoms. The van der Waals surface area contributed by atoms with E-state index in [0.717, 1.165) is 51.4 Å². The smallest absolute Gasteiger partial charge is 0.305 e. The Morgan fingerprint density at radius 2 is 0.610 bits per heavy atom. The van der Waals surface area contributed by atoms with Crippen LogP contribution in [0.25, 0.3) is 0 Å². The van der Waals surface area contributed by atoms with Crippen LogP contribution in [0, 0.1) is 0 Å². The highest BCUT2D eigenvalue weighted by Crippen LogP contribution is 2.18. The van der Waals surface area contributed by atoms with E-state index in [-0.39, 0.29) is 18.5 Å². The molecule has 0 radical (unpaired) electrons. The minimum Gasteiger partial charge on any atom is -0.466 e. The molecule has 0 saturated heterocycles. The van der Waals surface area contributed by atoms with E-state index in [4.69, 9.17) is 4.74 Å². The van der Waals surface area contributed by atoms with Gasteiger partial charge in [-0.25, -0.2) is 0 Å². The Bertz CT molecular complexity index is 1250. The zero-order valence-corrected chi connectivity index (χ0v) is 52.0. The number of allylic oxidation sites excluding steroid dienone is 5. The summed E-state index contributed by atoms with van der Waals surface area (Å²) in [5.41, 5.74) is 0. The molecule has 454 valence electrons. The first-order valence-corrected chi connectivity index (χ1v) is 34.8. The number of carbonyl (C=O) groups excluding carboxylic acids is 2. The van der Waals surface area contributed by atoms with Gasteiger partial charge in [0.2, 0.25) is 5.91 Å². The molecule has 0 spiro atoms. The Labute approximate surface area is 481 Å². The summed E-state index contributed by atoms with van der Waals surface area (Å²) in [6.07, 6.45) is 84.9. The Morgan fingerprint density at radius 1 is 0.351 bits per heavy atom. The van der Waals surface area contributed by atoms with Gasteiger partial charge < -0.3 is 20.3 Å². The molecule has 0 heterocycles. The van der Waals surface area contributed by atoms with Gasteiger partial charge in [0, 0.05) is 12.8 Å². The van der Waals surface area contributed by atoms with Crippen molar-refractivity contribution in [2.75, 3.05) is 13.2 Å². The summed E-state index contributed by atoms with van der Waals surface area (Å²) in [6, 6.07) is -0.636. The van der Waals surface area contributed by atoms with Gasteiger partial charge >= 0.3 is 5.97 Å². The largest absolute Gasteiger partial charge is 0.466 e. The van der Waals surface area contributed by atoms with Gasteiger partial charge in [-0.1, -0.05) is 320 Å². The molecular formula is C71H135NO5. The van der Waals surface area contributed by atoms with Crippen molar-refractivity contribution >= 4 is 11.9 Å². The average Bonchev–Trinajstić information content (AvgIpc) is 3.43. The molecule has 0 aromatic rings. The normalized spacial score (nSPS) is 12.7.